The Kier molecular flexibility index (Phi) is 4.28. The lowest BCUT2D eigenvalue weighted by Gasteiger charge is -2.11. The van der Waals surface area contributed by atoms with Gasteiger partial charge in [-0.2, -0.15) is 4.68 Å². The summed E-state index contributed by atoms with van der Waals surface area (Å²) in [7, 11) is 0. The van der Waals surface area contributed by atoms with Gasteiger partial charge in [0.15, 0.2) is 0 Å². The van der Waals surface area contributed by atoms with Crippen LogP contribution in [0.3, 0.4) is 0 Å². The smallest absolute Gasteiger partial charge is 0.319 e. The number of thioether (sulfide) groups is 1. The predicted octanol–water partition coefficient (Wildman–Crippen LogP) is 1.86. The molecule has 0 saturated carbocycles. The molecule has 1 aliphatic rings. The van der Waals surface area contributed by atoms with Crippen LogP contribution in [0.25, 0.3) is 5.69 Å². The van der Waals surface area contributed by atoms with E-state index >= 15 is 0 Å². The van der Waals surface area contributed by atoms with E-state index in [9.17, 15) is 4.79 Å². The number of esters is 1. The molecule has 2 heterocycles. The number of carbonyl (C=O) groups is 1. The van der Waals surface area contributed by atoms with Crippen LogP contribution >= 0.6 is 11.8 Å². The Labute approximate surface area is 132 Å². The van der Waals surface area contributed by atoms with Gasteiger partial charge in [0.2, 0.25) is 5.16 Å². The molecule has 0 N–H and O–H groups in total. The Hall–Kier alpha value is -2.09. The largest absolute Gasteiger partial charge is 0.492 e. The van der Waals surface area contributed by atoms with Crippen molar-refractivity contribution in [3.63, 3.8) is 0 Å². The summed E-state index contributed by atoms with van der Waals surface area (Å²) in [6.07, 6.45) is 0.591. The zero-order chi connectivity index (χ0) is 15.5. The number of benzene rings is 1. The highest BCUT2D eigenvalue weighted by Crippen LogP contribution is 2.33. The van der Waals surface area contributed by atoms with E-state index in [0.717, 1.165) is 5.69 Å². The van der Waals surface area contributed by atoms with Gasteiger partial charge in [0.1, 0.15) is 22.8 Å². The number of hydrogen-bond donors (Lipinski definition) is 0. The average molecular weight is 320 g/mol. The molecule has 1 aromatic carbocycles. The van der Waals surface area contributed by atoms with Crippen molar-refractivity contribution in [2.24, 2.45) is 0 Å². The number of hydrogen-bond acceptors (Lipinski definition) is 7. The highest BCUT2D eigenvalue weighted by atomic mass is 32.2. The first-order valence-corrected chi connectivity index (χ1v) is 7.94. The van der Waals surface area contributed by atoms with Crippen molar-refractivity contribution in [1.29, 1.82) is 0 Å². The van der Waals surface area contributed by atoms with Gasteiger partial charge in [-0.1, -0.05) is 23.9 Å². The first kappa shape index (κ1) is 14.8. The van der Waals surface area contributed by atoms with Gasteiger partial charge in [0.25, 0.3) is 0 Å². The molecular formula is C14H16N4O3S. The average Bonchev–Trinajstić information content (AvgIpc) is 3.07. The highest BCUT2D eigenvalue weighted by molar-refractivity contribution is 8.00. The van der Waals surface area contributed by atoms with Crippen LogP contribution in [-0.4, -0.2) is 44.1 Å². The minimum atomic E-state index is -0.279. The van der Waals surface area contributed by atoms with E-state index < -0.39 is 0 Å². The molecule has 0 spiro atoms. The minimum absolute atomic E-state index is 0.0648. The zero-order valence-corrected chi connectivity index (χ0v) is 13.1. The molecule has 2 atom stereocenters. The molecule has 3 rings (SSSR count). The molecular weight excluding hydrogens is 304 g/mol. The standard InChI is InChI=1S/C14H16N4O3S/c1-3-20-11-7-5-4-6-10(11)18-14(15-16-17-18)22-12-8-9(2)21-13(12)19/h4-7,9,12H,3,8H2,1-2H3/t9-,12+/m0/s1. The summed E-state index contributed by atoms with van der Waals surface area (Å²) < 4.78 is 12.4. The van der Waals surface area contributed by atoms with Gasteiger partial charge in [-0.05, 0) is 36.4 Å². The number of tetrazole rings is 1. The second-order valence-corrected chi connectivity index (χ2v) is 6.03. The van der Waals surface area contributed by atoms with Crippen LogP contribution in [0, 0.1) is 0 Å². The summed E-state index contributed by atoms with van der Waals surface area (Å²) in [4.78, 5) is 11.8. The molecule has 0 aliphatic carbocycles. The first-order valence-electron chi connectivity index (χ1n) is 7.06. The maximum atomic E-state index is 11.8. The fourth-order valence-corrected chi connectivity index (χ4v) is 3.35. The summed E-state index contributed by atoms with van der Waals surface area (Å²) in [6.45, 7) is 4.35. The Morgan fingerprint density at radius 2 is 2.27 bits per heavy atom. The second-order valence-electron chi connectivity index (χ2n) is 4.86. The third kappa shape index (κ3) is 2.92. The van der Waals surface area contributed by atoms with E-state index in [1.165, 1.54) is 11.8 Å². The van der Waals surface area contributed by atoms with Crippen LogP contribution in [0.4, 0.5) is 0 Å². The first-order chi connectivity index (χ1) is 10.7. The third-order valence-corrected chi connectivity index (χ3v) is 4.34. The summed E-state index contributed by atoms with van der Waals surface area (Å²) >= 11 is 1.31. The molecule has 1 fully saturated rings. The Morgan fingerprint density at radius 3 is 3.00 bits per heavy atom. The molecule has 0 unspecified atom stereocenters. The van der Waals surface area contributed by atoms with E-state index in [4.69, 9.17) is 9.47 Å². The topological polar surface area (TPSA) is 79.1 Å². The van der Waals surface area contributed by atoms with E-state index in [0.29, 0.717) is 23.9 Å². The van der Waals surface area contributed by atoms with Gasteiger partial charge in [-0.25, -0.2) is 0 Å². The van der Waals surface area contributed by atoms with Crippen molar-refractivity contribution >= 4 is 17.7 Å². The lowest BCUT2D eigenvalue weighted by molar-refractivity contribution is -0.140. The van der Waals surface area contributed by atoms with Crippen LogP contribution < -0.4 is 4.74 Å². The minimum Gasteiger partial charge on any atom is -0.492 e. The van der Waals surface area contributed by atoms with Crippen molar-refractivity contribution in [2.45, 2.75) is 36.8 Å². The van der Waals surface area contributed by atoms with Crippen LogP contribution in [0.15, 0.2) is 29.4 Å². The highest BCUT2D eigenvalue weighted by Gasteiger charge is 2.34. The number of nitrogens with zero attached hydrogens (tertiary/aromatic N) is 4. The van der Waals surface area contributed by atoms with Gasteiger partial charge in [-0.15, -0.1) is 5.10 Å². The fourth-order valence-electron chi connectivity index (χ4n) is 2.26. The molecule has 116 valence electrons. The second kappa shape index (κ2) is 6.35. The number of cyclic esters (lactones) is 1. The predicted molar refractivity (Wildman–Crippen MR) is 80.1 cm³/mol. The molecule has 0 bridgehead atoms. The monoisotopic (exact) mass is 320 g/mol. The summed E-state index contributed by atoms with van der Waals surface area (Å²) in [5.74, 6) is 0.478. The summed E-state index contributed by atoms with van der Waals surface area (Å²) in [5.41, 5.74) is 0.747. The summed E-state index contributed by atoms with van der Waals surface area (Å²) in [5, 5.41) is 12.0. The van der Waals surface area contributed by atoms with Crippen LogP contribution in [0.5, 0.6) is 5.75 Å². The van der Waals surface area contributed by atoms with Crippen molar-refractivity contribution in [3.05, 3.63) is 24.3 Å². The number of rotatable bonds is 5. The SMILES string of the molecule is CCOc1ccccc1-n1nnnc1S[C@@H]1C[C@H](C)OC1=O. The lowest BCUT2D eigenvalue weighted by Crippen LogP contribution is -2.11. The van der Waals surface area contributed by atoms with Crippen LogP contribution in [0.1, 0.15) is 20.3 Å². The third-order valence-electron chi connectivity index (χ3n) is 3.21. The normalized spacial score (nSPS) is 20.9. The van der Waals surface area contributed by atoms with Crippen molar-refractivity contribution < 1.29 is 14.3 Å². The van der Waals surface area contributed by atoms with E-state index in [1.807, 2.05) is 38.1 Å². The van der Waals surface area contributed by atoms with Crippen LogP contribution in [-0.2, 0) is 9.53 Å². The van der Waals surface area contributed by atoms with Gasteiger partial charge in [-0.3, -0.25) is 4.79 Å². The van der Waals surface area contributed by atoms with Crippen molar-refractivity contribution in [2.75, 3.05) is 6.61 Å². The van der Waals surface area contributed by atoms with Crippen molar-refractivity contribution in [1.82, 2.24) is 20.2 Å². The van der Waals surface area contributed by atoms with Gasteiger partial charge in [0.05, 0.1) is 6.61 Å². The maximum Gasteiger partial charge on any atom is 0.319 e. The number of aromatic nitrogens is 4. The van der Waals surface area contributed by atoms with Crippen molar-refractivity contribution in [3.8, 4) is 11.4 Å². The molecule has 8 heteroatoms. The van der Waals surface area contributed by atoms with Crippen LogP contribution in [0.2, 0.25) is 0 Å². The van der Waals surface area contributed by atoms with E-state index in [-0.39, 0.29) is 17.3 Å². The Balaban J connectivity index is 1.88. The maximum absolute atomic E-state index is 11.8. The molecule has 0 radical (unpaired) electrons. The molecule has 1 saturated heterocycles. The fraction of sp³-hybridized carbons (Fsp3) is 0.429. The van der Waals surface area contributed by atoms with Gasteiger partial charge in [0, 0.05) is 6.42 Å². The molecule has 7 nitrogen and oxygen atoms in total. The molecule has 2 aromatic rings. The number of para-hydroxylation sites is 2. The quantitative estimate of drug-likeness (QED) is 0.778. The Morgan fingerprint density at radius 1 is 1.45 bits per heavy atom. The number of carbonyl (C=O) groups excluding carboxylic acids is 1. The lowest BCUT2D eigenvalue weighted by atomic mass is 10.3. The van der Waals surface area contributed by atoms with E-state index in [1.54, 1.807) is 4.68 Å². The molecule has 1 aliphatic heterocycles. The number of ether oxygens (including phenoxy) is 2. The molecule has 0 amide bonds. The summed E-state index contributed by atoms with van der Waals surface area (Å²) in [6, 6.07) is 7.52. The molecule has 1 aromatic heterocycles. The Bertz CT molecular complexity index is 676. The zero-order valence-electron chi connectivity index (χ0n) is 12.3. The van der Waals surface area contributed by atoms with E-state index in [2.05, 4.69) is 15.5 Å². The van der Waals surface area contributed by atoms with Gasteiger partial charge >= 0.3 is 5.97 Å². The molecule has 22 heavy (non-hydrogen) atoms. The van der Waals surface area contributed by atoms with Gasteiger partial charge < -0.3 is 9.47 Å².